The van der Waals surface area contributed by atoms with Crippen LogP contribution in [0.2, 0.25) is 5.02 Å². The Hall–Kier alpha value is -1.72. The highest BCUT2D eigenvalue weighted by Crippen LogP contribution is 2.27. The molecule has 1 amide bonds. The quantitative estimate of drug-likeness (QED) is 0.808. The number of amides is 1. The average Bonchev–Trinajstić information content (AvgIpc) is 2.75. The summed E-state index contributed by atoms with van der Waals surface area (Å²) < 4.78 is 5.68. The molecule has 1 aliphatic rings. The first-order valence-electron chi connectivity index (χ1n) is 6.94. The van der Waals surface area contributed by atoms with Gasteiger partial charge in [-0.3, -0.25) is 9.78 Å². The molecule has 0 saturated carbocycles. The topological polar surface area (TPSA) is 42.4 Å². The summed E-state index contributed by atoms with van der Waals surface area (Å²) in [7, 11) is 0. The Balaban J connectivity index is 1.65. The third kappa shape index (κ3) is 3.72. The molecule has 3 rings (SSSR count). The zero-order valence-corrected chi connectivity index (χ0v) is 13.4. The number of fused-ring (bicyclic) bond motifs is 1. The smallest absolute Gasteiger partial charge is 0.233 e. The predicted molar refractivity (Wildman–Crippen MR) is 87.3 cm³/mol. The Morgan fingerprint density at radius 1 is 1.32 bits per heavy atom. The van der Waals surface area contributed by atoms with Crippen molar-refractivity contribution in [2.45, 2.75) is 11.4 Å². The molecule has 6 heteroatoms. The van der Waals surface area contributed by atoms with Crippen LogP contribution in [0.3, 0.4) is 0 Å². The molecule has 2 heterocycles. The molecule has 2 aromatic rings. The minimum Gasteiger partial charge on any atom is -0.491 e. The van der Waals surface area contributed by atoms with Gasteiger partial charge in [-0.05, 0) is 30.3 Å². The normalized spacial score (nSPS) is 14.0. The van der Waals surface area contributed by atoms with Crippen LogP contribution in [-0.2, 0) is 11.3 Å². The lowest BCUT2D eigenvalue weighted by molar-refractivity contribution is -0.129. The van der Waals surface area contributed by atoms with Gasteiger partial charge < -0.3 is 9.64 Å². The van der Waals surface area contributed by atoms with Crippen molar-refractivity contribution in [2.75, 3.05) is 18.9 Å². The molecule has 0 radical (unpaired) electrons. The van der Waals surface area contributed by atoms with E-state index in [0.29, 0.717) is 30.5 Å². The number of halogens is 1. The standard InChI is InChI=1S/C16H15ClN2O2S/c17-13-1-2-15-12(9-13)10-19(7-8-21-15)16(20)11-22-14-3-5-18-6-4-14/h1-6,9H,7-8,10-11H2. The molecule has 0 fully saturated rings. The van der Waals surface area contributed by atoms with Gasteiger partial charge in [-0.1, -0.05) is 11.6 Å². The van der Waals surface area contributed by atoms with Gasteiger partial charge in [0.1, 0.15) is 12.4 Å². The Morgan fingerprint density at radius 2 is 2.14 bits per heavy atom. The number of hydrogen-bond acceptors (Lipinski definition) is 4. The number of pyridine rings is 1. The number of carbonyl (C=O) groups is 1. The second-order valence-electron chi connectivity index (χ2n) is 4.89. The van der Waals surface area contributed by atoms with Gasteiger partial charge in [0.2, 0.25) is 5.91 Å². The van der Waals surface area contributed by atoms with E-state index in [1.54, 1.807) is 18.5 Å². The van der Waals surface area contributed by atoms with E-state index >= 15 is 0 Å². The molecule has 0 spiro atoms. The number of nitrogens with zero attached hydrogens (tertiary/aromatic N) is 2. The van der Waals surface area contributed by atoms with Gasteiger partial charge >= 0.3 is 0 Å². The van der Waals surface area contributed by atoms with E-state index in [4.69, 9.17) is 16.3 Å². The number of thioether (sulfide) groups is 1. The maximum atomic E-state index is 12.4. The van der Waals surface area contributed by atoms with Gasteiger partial charge in [-0.15, -0.1) is 11.8 Å². The van der Waals surface area contributed by atoms with Crippen LogP contribution in [0, 0.1) is 0 Å². The molecule has 0 saturated heterocycles. The van der Waals surface area contributed by atoms with E-state index in [9.17, 15) is 4.79 Å². The number of ether oxygens (including phenoxy) is 1. The summed E-state index contributed by atoms with van der Waals surface area (Å²) in [6.45, 7) is 1.62. The first-order valence-corrected chi connectivity index (χ1v) is 8.30. The molecule has 1 aromatic carbocycles. The van der Waals surface area contributed by atoms with Crippen LogP contribution in [0.15, 0.2) is 47.6 Å². The minimum absolute atomic E-state index is 0.0956. The van der Waals surface area contributed by atoms with Crippen LogP contribution in [0.4, 0.5) is 0 Å². The van der Waals surface area contributed by atoms with Crippen molar-refractivity contribution in [3.8, 4) is 5.75 Å². The Bertz CT molecular complexity index is 666. The van der Waals surface area contributed by atoms with Crippen LogP contribution in [0.5, 0.6) is 5.75 Å². The average molecular weight is 335 g/mol. The third-order valence-corrected chi connectivity index (χ3v) is 4.60. The maximum Gasteiger partial charge on any atom is 0.233 e. The highest BCUT2D eigenvalue weighted by atomic mass is 35.5. The van der Waals surface area contributed by atoms with Gasteiger partial charge in [0.15, 0.2) is 0 Å². The van der Waals surface area contributed by atoms with Crippen molar-refractivity contribution in [2.24, 2.45) is 0 Å². The van der Waals surface area contributed by atoms with E-state index in [-0.39, 0.29) is 5.91 Å². The number of carbonyl (C=O) groups excluding carboxylic acids is 1. The number of rotatable bonds is 3. The molecular formula is C16H15ClN2O2S. The lowest BCUT2D eigenvalue weighted by atomic mass is 10.2. The summed E-state index contributed by atoms with van der Waals surface area (Å²) in [6.07, 6.45) is 3.45. The SMILES string of the molecule is O=C(CSc1ccncc1)N1CCOc2ccc(Cl)cc2C1. The summed E-state index contributed by atoms with van der Waals surface area (Å²) in [5, 5.41) is 0.655. The first kappa shape index (κ1) is 15.2. The zero-order chi connectivity index (χ0) is 15.4. The van der Waals surface area contributed by atoms with Crippen molar-refractivity contribution >= 4 is 29.3 Å². The minimum atomic E-state index is 0.0956. The van der Waals surface area contributed by atoms with E-state index in [1.807, 2.05) is 29.2 Å². The van der Waals surface area contributed by atoms with Crippen molar-refractivity contribution in [3.63, 3.8) is 0 Å². The largest absolute Gasteiger partial charge is 0.491 e. The molecule has 114 valence electrons. The zero-order valence-electron chi connectivity index (χ0n) is 11.9. The van der Waals surface area contributed by atoms with Gasteiger partial charge in [0.25, 0.3) is 0 Å². The van der Waals surface area contributed by atoms with Crippen molar-refractivity contribution in [1.82, 2.24) is 9.88 Å². The molecule has 1 aromatic heterocycles. The van der Waals surface area contributed by atoms with E-state index < -0.39 is 0 Å². The van der Waals surface area contributed by atoms with Crippen molar-refractivity contribution in [1.29, 1.82) is 0 Å². The van der Waals surface area contributed by atoms with Gasteiger partial charge in [-0.2, -0.15) is 0 Å². The molecule has 0 bridgehead atoms. The molecule has 22 heavy (non-hydrogen) atoms. The summed E-state index contributed by atoms with van der Waals surface area (Å²) in [5.74, 6) is 1.31. The van der Waals surface area contributed by atoms with Crippen LogP contribution in [0.1, 0.15) is 5.56 Å². The molecule has 0 N–H and O–H groups in total. The second kappa shape index (κ2) is 7.03. The van der Waals surface area contributed by atoms with Gasteiger partial charge in [0, 0.05) is 34.4 Å². The molecule has 0 unspecified atom stereocenters. The molecular weight excluding hydrogens is 320 g/mol. The second-order valence-corrected chi connectivity index (χ2v) is 6.37. The fourth-order valence-corrected chi connectivity index (χ4v) is 3.23. The molecule has 4 nitrogen and oxygen atoms in total. The summed E-state index contributed by atoms with van der Waals surface area (Å²) >= 11 is 7.54. The highest BCUT2D eigenvalue weighted by molar-refractivity contribution is 8.00. The third-order valence-electron chi connectivity index (χ3n) is 3.37. The fraction of sp³-hybridized carbons (Fsp3) is 0.250. The lowest BCUT2D eigenvalue weighted by Crippen LogP contribution is -2.33. The number of benzene rings is 1. The summed E-state index contributed by atoms with van der Waals surface area (Å²) in [5.41, 5.74) is 0.951. The molecule has 1 aliphatic heterocycles. The van der Waals surface area contributed by atoms with E-state index in [1.165, 1.54) is 11.8 Å². The predicted octanol–water partition coefficient (Wildman–Crippen LogP) is 3.25. The maximum absolute atomic E-state index is 12.4. The van der Waals surface area contributed by atoms with E-state index in [0.717, 1.165) is 16.2 Å². The van der Waals surface area contributed by atoms with Crippen LogP contribution in [0.25, 0.3) is 0 Å². The van der Waals surface area contributed by atoms with Crippen LogP contribution >= 0.6 is 23.4 Å². The fourth-order valence-electron chi connectivity index (χ4n) is 2.25. The monoisotopic (exact) mass is 334 g/mol. The molecule has 0 aliphatic carbocycles. The number of hydrogen-bond donors (Lipinski definition) is 0. The first-order chi connectivity index (χ1) is 10.7. The lowest BCUT2D eigenvalue weighted by Gasteiger charge is -2.19. The van der Waals surface area contributed by atoms with E-state index in [2.05, 4.69) is 4.98 Å². The van der Waals surface area contributed by atoms with Crippen molar-refractivity contribution < 1.29 is 9.53 Å². The summed E-state index contributed by atoms with van der Waals surface area (Å²) in [4.78, 5) is 19.2. The Morgan fingerprint density at radius 3 is 2.95 bits per heavy atom. The highest BCUT2D eigenvalue weighted by Gasteiger charge is 2.20. The van der Waals surface area contributed by atoms with Crippen LogP contribution < -0.4 is 4.74 Å². The van der Waals surface area contributed by atoms with Gasteiger partial charge in [-0.25, -0.2) is 0 Å². The number of aromatic nitrogens is 1. The van der Waals surface area contributed by atoms with Crippen LogP contribution in [-0.4, -0.2) is 34.7 Å². The molecule has 0 atom stereocenters. The van der Waals surface area contributed by atoms with Gasteiger partial charge in [0.05, 0.1) is 12.3 Å². The van der Waals surface area contributed by atoms with Crippen molar-refractivity contribution in [3.05, 3.63) is 53.3 Å². The Kier molecular flexibility index (Phi) is 4.85. The Labute approximate surface area is 138 Å². The summed E-state index contributed by atoms with van der Waals surface area (Å²) in [6, 6.07) is 9.32.